The Morgan fingerprint density at radius 1 is 1.63 bits per heavy atom. The Balaban J connectivity index is 2.11. The molecule has 0 spiro atoms. The number of rotatable bonds is 4. The van der Waals surface area contributed by atoms with Gasteiger partial charge in [0.05, 0.1) is 0 Å². The first-order chi connectivity index (χ1) is 9.24. The maximum atomic E-state index is 11.8. The van der Waals surface area contributed by atoms with Crippen LogP contribution in [0, 0.1) is 5.92 Å². The quantitative estimate of drug-likeness (QED) is 0.852. The second-order valence-electron chi connectivity index (χ2n) is 4.90. The van der Waals surface area contributed by atoms with Gasteiger partial charge in [-0.1, -0.05) is 0 Å². The third-order valence-electron chi connectivity index (χ3n) is 3.46. The van der Waals surface area contributed by atoms with Gasteiger partial charge in [0.25, 0.3) is 5.91 Å². The van der Waals surface area contributed by atoms with Gasteiger partial charge in [0.1, 0.15) is 5.69 Å². The molecule has 1 fully saturated rings. The largest absolute Gasteiger partial charge is 0.396 e. The Morgan fingerprint density at radius 3 is 3.21 bits per heavy atom. The molecule has 1 atom stereocenters. The van der Waals surface area contributed by atoms with Gasteiger partial charge in [0, 0.05) is 38.1 Å². The van der Waals surface area contributed by atoms with E-state index in [-0.39, 0.29) is 12.5 Å². The van der Waals surface area contributed by atoms with E-state index in [2.05, 4.69) is 15.2 Å². The van der Waals surface area contributed by atoms with Crippen LogP contribution in [0.3, 0.4) is 0 Å². The topological polar surface area (TPSA) is 65.5 Å². The summed E-state index contributed by atoms with van der Waals surface area (Å²) in [5.41, 5.74) is 1.46. The number of aliphatic hydroxyl groups excluding tert-OH is 1. The van der Waals surface area contributed by atoms with Crippen LogP contribution in [0.4, 0.5) is 5.69 Å². The highest BCUT2D eigenvalue weighted by Crippen LogP contribution is 2.23. The third-order valence-corrected chi connectivity index (χ3v) is 3.46. The number of anilines is 1. The number of pyridine rings is 1. The molecule has 1 aliphatic heterocycles. The highest BCUT2D eigenvalue weighted by atomic mass is 16.3. The second-order valence-corrected chi connectivity index (χ2v) is 4.90. The van der Waals surface area contributed by atoms with Crippen LogP contribution in [0.15, 0.2) is 18.3 Å². The van der Waals surface area contributed by atoms with Gasteiger partial charge < -0.3 is 15.3 Å². The fraction of sp³-hybridized carbons (Fsp3) is 0.571. The fourth-order valence-electron chi connectivity index (χ4n) is 2.44. The number of carbonyl (C=O) groups excluding carboxylic acids is 1. The van der Waals surface area contributed by atoms with Gasteiger partial charge in [0.15, 0.2) is 0 Å². The minimum Gasteiger partial charge on any atom is -0.396 e. The molecule has 2 N–H and O–H groups in total. The van der Waals surface area contributed by atoms with Crippen molar-refractivity contribution in [3.63, 3.8) is 0 Å². The van der Waals surface area contributed by atoms with Gasteiger partial charge in [-0.2, -0.15) is 0 Å². The van der Waals surface area contributed by atoms with Crippen molar-refractivity contribution in [3.05, 3.63) is 24.0 Å². The lowest BCUT2D eigenvalue weighted by Crippen LogP contribution is -2.37. The zero-order valence-electron chi connectivity index (χ0n) is 11.3. The number of amides is 1. The molecule has 1 amide bonds. The Labute approximate surface area is 113 Å². The van der Waals surface area contributed by atoms with Crippen LogP contribution in [-0.2, 0) is 0 Å². The van der Waals surface area contributed by atoms with Gasteiger partial charge in [-0.25, -0.2) is 0 Å². The molecule has 1 aromatic heterocycles. The Kier molecular flexibility index (Phi) is 4.74. The van der Waals surface area contributed by atoms with Crippen molar-refractivity contribution < 1.29 is 9.90 Å². The summed E-state index contributed by atoms with van der Waals surface area (Å²) in [6.07, 6.45) is 3.81. The molecular weight excluding hydrogens is 242 g/mol. The molecule has 0 aromatic carbocycles. The average molecular weight is 263 g/mol. The van der Waals surface area contributed by atoms with Crippen molar-refractivity contribution in [2.45, 2.75) is 19.8 Å². The molecular formula is C14H21N3O2. The van der Waals surface area contributed by atoms with Crippen LogP contribution in [-0.4, -0.2) is 42.2 Å². The summed E-state index contributed by atoms with van der Waals surface area (Å²) in [5, 5.41) is 12.0. The zero-order chi connectivity index (χ0) is 13.7. The molecule has 1 unspecified atom stereocenters. The minimum atomic E-state index is -0.139. The summed E-state index contributed by atoms with van der Waals surface area (Å²) < 4.78 is 0. The van der Waals surface area contributed by atoms with Crippen LogP contribution in [0.25, 0.3) is 0 Å². The van der Waals surface area contributed by atoms with Crippen LogP contribution < -0.4 is 10.2 Å². The second kappa shape index (κ2) is 6.52. The van der Waals surface area contributed by atoms with Crippen molar-refractivity contribution in [1.82, 2.24) is 10.3 Å². The molecule has 1 saturated heterocycles. The Bertz CT molecular complexity index is 436. The molecule has 2 rings (SSSR count). The van der Waals surface area contributed by atoms with Crippen molar-refractivity contribution in [2.24, 2.45) is 5.92 Å². The Hall–Kier alpha value is -1.62. The summed E-state index contributed by atoms with van der Waals surface area (Å²) in [5.74, 6) is 0.190. The molecule has 2 heterocycles. The highest BCUT2D eigenvalue weighted by Gasteiger charge is 2.20. The molecule has 0 bridgehead atoms. The number of carbonyl (C=O) groups is 1. The summed E-state index contributed by atoms with van der Waals surface area (Å²) in [6.45, 7) is 4.52. The van der Waals surface area contributed by atoms with Gasteiger partial charge >= 0.3 is 0 Å². The Morgan fingerprint density at radius 2 is 2.47 bits per heavy atom. The molecule has 5 nitrogen and oxygen atoms in total. The minimum absolute atomic E-state index is 0.139. The van der Waals surface area contributed by atoms with E-state index in [0.29, 0.717) is 18.2 Å². The number of piperidine rings is 1. The van der Waals surface area contributed by atoms with E-state index < -0.39 is 0 Å². The number of nitrogens with one attached hydrogen (secondary N) is 1. The first-order valence-corrected chi connectivity index (χ1v) is 6.84. The number of aromatic nitrogens is 1. The zero-order valence-corrected chi connectivity index (χ0v) is 11.3. The first kappa shape index (κ1) is 13.8. The van der Waals surface area contributed by atoms with Gasteiger partial charge in [-0.15, -0.1) is 0 Å². The van der Waals surface area contributed by atoms with E-state index in [1.54, 1.807) is 6.20 Å². The van der Waals surface area contributed by atoms with E-state index in [1.807, 2.05) is 19.1 Å². The van der Waals surface area contributed by atoms with E-state index >= 15 is 0 Å². The van der Waals surface area contributed by atoms with Crippen LogP contribution in [0.5, 0.6) is 0 Å². The number of hydrogen-bond acceptors (Lipinski definition) is 4. The average Bonchev–Trinajstić information content (AvgIpc) is 2.48. The third kappa shape index (κ3) is 3.44. The molecule has 19 heavy (non-hydrogen) atoms. The predicted octanol–water partition coefficient (Wildman–Crippen LogP) is 1.04. The number of hydrogen-bond donors (Lipinski definition) is 2. The lowest BCUT2D eigenvalue weighted by molar-refractivity contribution is 0.0951. The van der Waals surface area contributed by atoms with Crippen LogP contribution >= 0.6 is 0 Å². The molecule has 1 aliphatic rings. The lowest BCUT2D eigenvalue weighted by Gasteiger charge is -2.33. The first-order valence-electron chi connectivity index (χ1n) is 6.84. The number of nitrogens with zero attached hydrogens (tertiary/aromatic N) is 2. The summed E-state index contributed by atoms with van der Waals surface area (Å²) in [7, 11) is 0. The maximum absolute atomic E-state index is 11.8. The van der Waals surface area contributed by atoms with Crippen LogP contribution in [0.1, 0.15) is 30.3 Å². The lowest BCUT2D eigenvalue weighted by atomic mass is 9.98. The molecule has 0 radical (unpaired) electrons. The van der Waals surface area contributed by atoms with Crippen molar-refractivity contribution in [2.75, 3.05) is 31.1 Å². The summed E-state index contributed by atoms with van der Waals surface area (Å²) in [6, 6.07) is 3.74. The van der Waals surface area contributed by atoms with Crippen LogP contribution in [0.2, 0.25) is 0 Å². The van der Waals surface area contributed by atoms with E-state index in [4.69, 9.17) is 0 Å². The van der Waals surface area contributed by atoms with Gasteiger partial charge in [-0.05, 0) is 37.8 Å². The maximum Gasteiger partial charge on any atom is 0.269 e. The van der Waals surface area contributed by atoms with E-state index in [1.165, 1.54) is 0 Å². The molecule has 104 valence electrons. The smallest absolute Gasteiger partial charge is 0.269 e. The molecule has 0 aliphatic carbocycles. The molecule has 1 aromatic rings. The van der Waals surface area contributed by atoms with Crippen molar-refractivity contribution in [1.29, 1.82) is 0 Å². The SMILES string of the molecule is CCNC(=O)c1cc(N2CCCC(CO)C2)ccn1. The monoisotopic (exact) mass is 263 g/mol. The molecule has 0 saturated carbocycles. The van der Waals surface area contributed by atoms with Crippen molar-refractivity contribution in [3.8, 4) is 0 Å². The predicted molar refractivity (Wildman–Crippen MR) is 74.3 cm³/mol. The van der Waals surface area contributed by atoms with Gasteiger partial charge in [0.2, 0.25) is 0 Å². The fourth-order valence-corrected chi connectivity index (χ4v) is 2.44. The summed E-state index contributed by atoms with van der Waals surface area (Å²) in [4.78, 5) is 18.1. The molecule has 5 heteroatoms. The highest BCUT2D eigenvalue weighted by molar-refractivity contribution is 5.93. The van der Waals surface area contributed by atoms with E-state index in [9.17, 15) is 9.90 Å². The summed E-state index contributed by atoms with van der Waals surface area (Å²) >= 11 is 0. The normalized spacial score (nSPS) is 19.3. The van der Waals surface area contributed by atoms with Crippen molar-refractivity contribution >= 4 is 11.6 Å². The standard InChI is InChI=1S/C14H21N3O2/c1-2-15-14(19)13-8-12(5-6-16-13)17-7-3-4-11(9-17)10-18/h5-6,8,11,18H,2-4,7,9-10H2,1H3,(H,15,19). The van der Waals surface area contributed by atoms with E-state index in [0.717, 1.165) is 31.6 Å². The van der Waals surface area contributed by atoms with Gasteiger partial charge in [-0.3, -0.25) is 9.78 Å². The number of aliphatic hydroxyl groups is 1.